The van der Waals surface area contributed by atoms with Crippen molar-refractivity contribution in [3.63, 3.8) is 0 Å². The third-order valence-corrected chi connectivity index (χ3v) is 5.92. The second kappa shape index (κ2) is 11.0. The molecule has 38 heavy (non-hydrogen) atoms. The molecule has 0 atom stereocenters. The van der Waals surface area contributed by atoms with E-state index in [2.05, 4.69) is 10.3 Å². The summed E-state index contributed by atoms with van der Waals surface area (Å²) >= 11 is 0. The first-order chi connectivity index (χ1) is 18.5. The summed E-state index contributed by atoms with van der Waals surface area (Å²) in [7, 11) is 1.55. The van der Waals surface area contributed by atoms with E-state index in [0.717, 1.165) is 22.3 Å². The molecule has 0 radical (unpaired) electrons. The quantitative estimate of drug-likeness (QED) is 0.206. The maximum absolute atomic E-state index is 12.5. The molecule has 2 aromatic heterocycles. The fraction of sp³-hybridized carbons (Fsp3) is 0.167. The molecule has 8 nitrogen and oxygen atoms in total. The molecule has 3 aromatic carbocycles. The minimum atomic E-state index is -0.582. The first-order valence-corrected chi connectivity index (χ1v) is 12.0. The zero-order valence-electron chi connectivity index (χ0n) is 21.3. The third-order valence-electron chi connectivity index (χ3n) is 5.92. The summed E-state index contributed by atoms with van der Waals surface area (Å²) < 4.78 is 27.6. The minimum Gasteiger partial charge on any atom is -0.493 e. The van der Waals surface area contributed by atoms with Gasteiger partial charge >= 0.3 is 5.97 Å². The van der Waals surface area contributed by atoms with E-state index in [4.69, 9.17) is 23.3 Å². The third kappa shape index (κ3) is 5.75. The summed E-state index contributed by atoms with van der Waals surface area (Å²) in [5, 5.41) is 7.94. The van der Waals surface area contributed by atoms with E-state index in [1.807, 2.05) is 68.4 Å². The van der Waals surface area contributed by atoms with Gasteiger partial charge in [0, 0.05) is 23.3 Å². The Morgan fingerprint density at radius 1 is 0.737 bits per heavy atom. The summed E-state index contributed by atoms with van der Waals surface area (Å²) in [6, 6.07) is 24.5. The molecule has 0 fully saturated rings. The molecule has 0 N–H and O–H groups in total. The lowest BCUT2D eigenvalue weighted by Gasteiger charge is -2.11. The van der Waals surface area contributed by atoms with Gasteiger partial charge in [0.15, 0.2) is 28.7 Å². The van der Waals surface area contributed by atoms with Crippen LogP contribution in [0.1, 0.15) is 32.9 Å². The van der Waals surface area contributed by atoms with Crippen LogP contribution in [0.5, 0.6) is 11.5 Å². The zero-order chi connectivity index (χ0) is 26.5. The summed E-state index contributed by atoms with van der Waals surface area (Å²) in [4.78, 5) is 12.5. The van der Waals surface area contributed by atoms with Gasteiger partial charge in [0.1, 0.15) is 18.9 Å². The van der Waals surface area contributed by atoms with Crippen LogP contribution in [0, 0.1) is 13.8 Å². The smallest absolute Gasteiger partial charge is 0.360 e. The Hall–Kier alpha value is -4.85. The zero-order valence-corrected chi connectivity index (χ0v) is 21.3. The highest BCUT2D eigenvalue weighted by Crippen LogP contribution is 2.30. The van der Waals surface area contributed by atoms with Gasteiger partial charge in [0.2, 0.25) is 0 Å². The molecule has 0 aliphatic carbocycles. The molecule has 5 aromatic rings. The number of carbonyl (C=O) groups excluding carboxylic acids is 1. The molecule has 0 aliphatic rings. The summed E-state index contributed by atoms with van der Waals surface area (Å²) in [6.45, 7) is 4.27. The van der Waals surface area contributed by atoms with Crippen LogP contribution in [0.4, 0.5) is 0 Å². The van der Waals surface area contributed by atoms with Crippen LogP contribution >= 0.6 is 0 Å². The summed E-state index contributed by atoms with van der Waals surface area (Å²) in [5.74, 6) is 1.62. The lowest BCUT2D eigenvalue weighted by Crippen LogP contribution is -2.06. The van der Waals surface area contributed by atoms with Crippen LogP contribution in [-0.4, -0.2) is 23.4 Å². The first-order valence-electron chi connectivity index (χ1n) is 12.0. The number of aromatic nitrogens is 2. The van der Waals surface area contributed by atoms with E-state index in [-0.39, 0.29) is 18.9 Å². The predicted molar refractivity (Wildman–Crippen MR) is 140 cm³/mol. The van der Waals surface area contributed by atoms with E-state index in [9.17, 15) is 4.79 Å². The molecule has 0 bridgehead atoms. The molecule has 0 aliphatic heterocycles. The van der Waals surface area contributed by atoms with Crippen LogP contribution in [0.15, 0.2) is 87.9 Å². The molecule has 5 rings (SSSR count). The molecule has 192 valence electrons. The van der Waals surface area contributed by atoms with Gasteiger partial charge in [-0.05, 0) is 31.5 Å². The number of ether oxygens (including phenoxy) is 3. The fourth-order valence-corrected chi connectivity index (χ4v) is 3.75. The van der Waals surface area contributed by atoms with Crippen LogP contribution in [0.2, 0.25) is 0 Å². The minimum absolute atomic E-state index is 0.0331. The van der Waals surface area contributed by atoms with Crippen molar-refractivity contribution in [2.24, 2.45) is 0 Å². The van der Waals surface area contributed by atoms with Crippen molar-refractivity contribution in [3.05, 3.63) is 107 Å². The summed E-state index contributed by atoms with van der Waals surface area (Å²) in [5.41, 5.74) is 5.57. The van der Waals surface area contributed by atoms with Crippen LogP contribution in [0.25, 0.3) is 22.6 Å². The van der Waals surface area contributed by atoms with Gasteiger partial charge in [-0.3, -0.25) is 0 Å². The molecule has 0 spiro atoms. The summed E-state index contributed by atoms with van der Waals surface area (Å²) in [6.07, 6.45) is 0. The lowest BCUT2D eigenvalue weighted by atomic mass is 10.1. The molecular weight excluding hydrogens is 484 g/mol. The van der Waals surface area contributed by atoms with Crippen molar-refractivity contribution in [1.82, 2.24) is 10.3 Å². The molecule has 8 heteroatoms. The van der Waals surface area contributed by atoms with Crippen molar-refractivity contribution >= 4 is 5.97 Å². The normalized spacial score (nSPS) is 10.8. The van der Waals surface area contributed by atoms with Crippen LogP contribution < -0.4 is 9.47 Å². The van der Waals surface area contributed by atoms with Gasteiger partial charge in [0.05, 0.1) is 7.11 Å². The van der Waals surface area contributed by atoms with Crippen LogP contribution in [0.3, 0.4) is 0 Å². The van der Waals surface area contributed by atoms with Gasteiger partial charge in [0.25, 0.3) is 0 Å². The lowest BCUT2D eigenvalue weighted by molar-refractivity contribution is 0.0460. The number of hydrogen-bond acceptors (Lipinski definition) is 8. The van der Waals surface area contributed by atoms with Crippen molar-refractivity contribution in [2.45, 2.75) is 27.1 Å². The van der Waals surface area contributed by atoms with Gasteiger partial charge in [-0.25, -0.2) is 4.79 Å². The van der Waals surface area contributed by atoms with Crippen molar-refractivity contribution in [3.8, 4) is 34.1 Å². The first kappa shape index (κ1) is 24.8. The molecule has 2 heterocycles. The Bertz CT molecular complexity index is 1530. The highest BCUT2D eigenvalue weighted by molar-refractivity contribution is 5.88. The Morgan fingerprint density at radius 2 is 1.37 bits per heavy atom. The number of rotatable bonds is 9. The molecule has 0 unspecified atom stereocenters. The topological polar surface area (TPSA) is 96.8 Å². The number of benzene rings is 3. The maximum atomic E-state index is 12.5. The number of esters is 1. The van der Waals surface area contributed by atoms with E-state index >= 15 is 0 Å². The van der Waals surface area contributed by atoms with Gasteiger partial charge in [-0.15, -0.1) is 0 Å². The average molecular weight is 511 g/mol. The van der Waals surface area contributed by atoms with E-state index in [0.29, 0.717) is 28.7 Å². The monoisotopic (exact) mass is 510 g/mol. The standard InChI is InChI=1S/C30H26N2O6/c1-19-4-9-22(10-5-19)27-15-24(31-37-27)18-35-26-13-8-21(14-29(26)34-3)17-36-30(33)25-16-28(38-32-25)23-11-6-20(2)7-12-23/h4-16H,17-18H2,1-3H3. The molecule has 0 saturated heterocycles. The van der Waals surface area contributed by atoms with E-state index in [1.165, 1.54) is 5.56 Å². The second-order valence-electron chi connectivity index (χ2n) is 8.84. The number of nitrogens with zero attached hydrogens (tertiary/aromatic N) is 2. The average Bonchev–Trinajstić information content (AvgIpc) is 3.62. The van der Waals surface area contributed by atoms with Gasteiger partial charge in [-0.1, -0.05) is 76.0 Å². The predicted octanol–water partition coefficient (Wildman–Crippen LogP) is 6.56. The number of hydrogen-bond donors (Lipinski definition) is 0. The van der Waals surface area contributed by atoms with Gasteiger partial charge in [-0.2, -0.15) is 0 Å². The van der Waals surface area contributed by atoms with Gasteiger partial charge < -0.3 is 23.3 Å². The molecule has 0 amide bonds. The Morgan fingerprint density at radius 3 is 2.03 bits per heavy atom. The fourth-order valence-electron chi connectivity index (χ4n) is 3.75. The Balaban J connectivity index is 1.18. The Kier molecular flexibility index (Phi) is 7.21. The highest BCUT2D eigenvalue weighted by atomic mass is 16.5. The van der Waals surface area contributed by atoms with E-state index < -0.39 is 5.97 Å². The SMILES string of the molecule is COc1cc(COC(=O)c2cc(-c3ccc(C)cc3)on2)ccc1OCc1cc(-c2ccc(C)cc2)on1. The maximum Gasteiger partial charge on any atom is 0.360 e. The largest absolute Gasteiger partial charge is 0.493 e. The van der Waals surface area contributed by atoms with Crippen LogP contribution in [-0.2, 0) is 18.0 Å². The number of aryl methyl sites for hydroxylation is 2. The van der Waals surface area contributed by atoms with E-state index in [1.54, 1.807) is 31.4 Å². The number of methoxy groups -OCH3 is 1. The molecular formula is C30H26N2O6. The number of carbonyl (C=O) groups is 1. The molecule has 0 saturated carbocycles. The van der Waals surface area contributed by atoms with Crippen molar-refractivity contribution < 1.29 is 28.1 Å². The van der Waals surface area contributed by atoms with Crippen molar-refractivity contribution in [2.75, 3.05) is 7.11 Å². The second-order valence-corrected chi connectivity index (χ2v) is 8.84. The van der Waals surface area contributed by atoms with Crippen molar-refractivity contribution in [1.29, 1.82) is 0 Å². The Labute approximate surface area is 219 Å². The highest BCUT2D eigenvalue weighted by Gasteiger charge is 2.16.